The minimum absolute atomic E-state index is 0.351. The van der Waals surface area contributed by atoms with Gasteiger partial charge in [-0.3, -0.25) is 4.99 Å². The summed E-state index contributed by atoms with van der Waals surface area (Å²) in [5.74, 6) is 0.836. The molecule has 0 saturated carbocycles. The van der Waals surface area contributed by atoms with Gasteiger partial charge < -0.3 is 15.2 Å². The second-order valence-electron chi connectivity index (χ2n) is 7.05. The van der Waals surface area contributed by atoms with Gasteiger partial charge in [0.25, 0.3) is 0 Å². The molecule has 0 amide bonds. The van der Waals surface area contributed by atoms with Gasteiger partial charge in [0.15, 0.2) is 5.96 Å². The zero-order valence-electron chi connectivity index (χ0n) is 16.7. The normalized spacial score (nSPS) is 12.6. The third-order valence-electron chi connectivity index (χ3n) is 4.72. The van der Waals surface area contributed by atoms with Crippen molar-refractivity contribution in [2.45, 2.75) is 38.9 Å². The lowest BCUT2D eigenvalue weighted by Gasteiger charge is -2.18. The van der Waals surface area contributed by atoms with Crippen molar-refractivity contribution in [3.63, 3.8) is 0 Å². The van der Waals surface area contributed by atoms with Gasteiger partial charge >= 0.3 is 0 Å². The summed E-state index contributed by atoms with van der Waals surface area (Å²) in [6.45, 7) is 3.78. The summed E-state index contributed by atoms with van der Waals surface area (Å²) < 4.78 is 2.07. The van der Waals surface area contributed by atoms with Gasteiger partial charge in [-0.05, 0) is 36.5 Å². The number of hydrogen-bond acceptors (Lipinski definition) is 2. The molecule has 1 aromatic heterocycles. The van der Waals surface area contributed by atoms with Crippen molar-refractivity contribution in [3.8, 4) is 0 Å². The molecule has 0 fully saturated rings. The standard InChI is InChI=1S/C23H29N5/c1-19(8-9-20-6-4-3-5-7-20)27-23(24-2)26-16-21-10-12-22(13-11-21)17-28-15-14-25-18-28/h3-7,10-15,18-19H,8-9,16-17H2,1-2H3,(H2,24,26,27). The zero-order chi connectivity index (χ0) is 19.6. The van der Waals surface area contributed by atoms with Gasteiger partial charge in [-0.1, -0.05) is 54.6 Å². The minimum atomic E-state index is 0.351. The molecule has 1 heterocycles. The fourth-order valence-corrected chi connectivity index (χ4v) is 3.07. The van der Waals surface area contributed by atoms with Crippen LogP contribution in [-0.4, -0.2) is 28.6 Å². The smallest absolute Gasteiger partial charge is 0.191 e. The summed E-state index contributed by atoms with van der Waals surface area (Å²) >= 11 is 0. The summed E-state index contributed by atoms with van der Waals surface area (Å²) in [6, 6.07) is 19.6. The lowest BCUT2D eigenvalue weighted by molar-refractivity contribution is 0.593. The average Bonchev–Trinajstić information content (AvgIpc) is 3.24. The van der Waals surface area contributed by atoms with Gasteiger partial charge in [0, 0.05) is 38.6 Å². The quantitative estimate of drug-likeness (QED) is 0.467. The first kappa shape index (κ1) is 19.7. The van der Waals surface area contributed by atoms with Crippen molar-refractivity contribution < 1.29 is 0 Å². The van der Waals surface area contributed by atoms with Gasteiger partial charge in [-0.15, -0.1) is 0 Å². The summed E-state index contributed by atoms with van der Waals surface area (Å²) in [5, 5.41) is 6.88. The monoisotopic (exact) mass is 375 g/mol. The summed E-state index contributed by atoms with van der Waals surface area (Å²) in [7, 11) is 1.81. The maximum Gasteiger partial charge on any atom is 0.191 e. The van der Waals surface area contributed by atoms with Gasteiger partial charge in [-0.2, -0.15) is 0 Å². The Hall–Kier alpha value is -3.08. The highest BCUT2D eigenvalue weighted by Crippen LogP contribution is 2.07. The Bertz CT molecular complexity index is 838. The predicted octanol–water partition coefficient (Wildman–Crippen LogP) is 3.62. The molecule has 0 aliphatic heterocycles. The molecule has 0 aliphatic carbocycles. The summed E-state index contributed by atoms with van der Waals surface area (Å²) in [6.07, 6.45) is 7.74. The maximum atomic E-state index is 4.35. The number of hydrogen-bond donors (Lipinski definition) is 2. The Morgan fingerprint density at radius 1 is 1.04 bits per heavy atom. The molecule has 1 atom stereocenters. The van der Waals surface area contributed by atoms with E-state index in [4.69, 9.17) is 0 Å². The van der Waals surface area contributed by atoms with E-state index >= 15 is 0 Å². The van der Waals surface area contributed by atoms with Gasteiger partial charge in [0.2, 0.25) is 0 Å². The number of guanidine groups is 1. The number of rotatable bonds is 8. The van der Waals surface area contributed by atoms with E-state index in [9.17, 15) is 0 Å². The second kappa shape index (κ2) is 10.3. The lowest BCUT2D eigenvalue weighted by Crippen LogP contribution is -2.42. The Kier molecular flexibility index (Phi) is 7.24. The van der Waals surface area contributed by atoms with Crippen LogP contribution < -0.4 is 10.6 Å². The molecule has 2 aromatic carbocycles. The molecule has 0 radical (unpaired) electrons. The van der Waals surface area contributed by atoms with Crippen molar-refractivity contribution in [1.29, 1.82) is 0 Å². The molecule has 28 heavy (non-hydrogen) atoms. The van der Waals surface area contributed by atoms with E-state index in [1.165, 1.54) is 16.7 Å². The van der Waals surface area contributed by atoms with E-state index in [2.05, 4.69) is 86.7 Å². The van der Waals surface area contributed by atoms with Crippen LogP contribution in [0.3, 0.4) is 0 Å². The van der Waals surface area contributed by atoms with Crippen LogP contribution in [0.2, 0.25) is 0 Å². The van der Waals surface area contributed by atoms with Crippen molar-refractivity contribution >= 4 is 5.96 Å². The third kappa shape index (κ3) is 6.27. The van der Waals surface area contributed by atoms with Crippen LogP contribution in [0.15, 0.2) is 78.3 Å². The average molecular weight is 376 g/mol. The highest BCUT2D eigenvalue weighted by Gasteiger charge is 2.06. The van der Waals surface area contributed by atoms with E-state index in [1.807, 2.05) is 19.6 Å². The third-order valence-corrected chi connectivity index (χ3v) is 4.72. The number of aromatic nitrogens is 2. The van der Waals surface area contributed by atoms with E-state index < -0.39 is 0 Å². The molecule has 5 nitrogen and oxygen atoms in total. The van der Waals surface area contributed by atoms with Crippen molar-refractivity contribution in [1.82, 2.24) is 20.2 Å². The predicted molar refractivity (Wildman–Crippen MR) is 115 cm³/mol. The molecule has 146 valence electrons. The van der Waals surface area contributed by atoms with Crippen LogP contribution in [-0.2, 0) is 19.5 Å². The molecule has 3 rings (SSSR count). The zero-order valence-corrected chi connectivity index (χ0v) is 16.7. The Morgan fingerprint density at radius 2 is 1.79 bits per heavy atom. The first-order valence-electron chi connectivity index (χ1n) is 9.77. The maximum absolute atomic E-state index is 4.35. The number of benzene rings is 2. The van der Waals surface area contributed by atoms with Gasteiger partial charge in [0.05, 0.1) is 6.33 Å². The van der Waals surface area contributed by atoms with Crippen molar-refractivity contribution in [3.05, 3.63) is 90.0 Å². The second-order valence-corrected chi connectivity index (χ2v) is 7.05. The highest BCUT2D eigenvalue weighted by atomic mass is 15.2. The van der Waals surface area contributed by atoms with Crippen LogP contribution in [0, 0.1) is 0 Å². The molecular weight excluding hydrogens is 346 g/mol. The van der Waals surface area contributed by atoms with E-state index in [1.54, 1.807) is 6.20 Å². The van der Waals surface area contributed by atoms with Crippen LogP contribution in [0.25, 0.3) is 0 Å². The van der Waals surface area contributed by atoms with E-state index in [-0.39, 0.29) is 0 Å². The summed E-state index contributed by atoms with van der Waals surface area (Å²) in [4.78, 5) is 8.43. The Labute approximate surface area is 167 Å². The molecule has 5 heteroatoms. The molecule has 2 N–H and O–H groups in total. The Balaban J connectivity index is 1.43. The lowest BCUT2D eigenvalue weighted by atomic mass is 10.1. The number of imidazole rings is 1. The van der Waals surface area contributed by atoms with Crippen molar-refractivity contribution in [2.24, 2.45) is 4.99 Å². The van der Waals surface area contributed by atoms with Crippen LogP contribution in [0.5, 0.6) is 0 Å². The number of nitrogens with one attached hydrogen (secondary N) is 2. The molecular formula is C23H29N5. The van der Waals surface area contributed by atoms with Crippen LogP contribution in [0.4, 0.5) is 0 Å². The highest BCUT2D eigenvalue weighted by molar-refractivity contribution is 5.79. The SMILES string of the molecule is CN=C(NCc1ccc(Cn2ccnc2)cc1)NC(C)CCc1ccccc1. The van der Waals surface area contributed by atoms with Gasteiger partial charge in [0.1, 0.15) is 0 Å². The van der Waals surface area contributed by atoms with E-state index in [0.29, 0.717) is 6.04 Å². The Morgan fingerprint density at radius 3 is 2.46 bits per heavy atom. The largest absolute Gasteiger partial charge is 0.354 e. The molecule has 3 aromatic rings. The van der Waals surface area contributed by atoms with Gasteiger partial charge in [-0.25, -0.2) is 4.98 Å². The number of aryl methyl sites for hydroxylation is 1. The van der Waals surface area contributed by atoms with Crippen molar-refractivity contribution in [2.75, 3.05) is 7.05 Å². The fourth-order valence-electron chi connectivity index (χ4n) is 3.07. The fraction of sp³-hybridized carbons (Fsp3) is 0.304. The van der Waals surface area contributed by atoms with Crippen LogP contribution >= 0.6 is 0 Å². The molecule has 0 aliphatic rings. The first-order chi connectivity index (χ1) is 13.7. The van der Waals surface area contributed by atoms with E-state index in [0.717, 1.165) is 31.9 Å². The molecule has 0 saturated heterocycles. The molecule has 0 spiro atoms. The topological polar surface area (TPSA) is 54.2 Å². The molecule has 0 bridgehead atoms. The number of nitrogens with zero attached hydrogens (tertiary/aromatic N) is 3. The first-order valence-corrected chi connectivity index (χ1v) is 9.77. The van der Waals surface area contributed by atoms with Crippen LogP contribution in [0.1, 0.15) is 30.0 Å². The minimum Gasteiger partial charge on any atom is -0.354 e. The molecule has 1 unspecified atom stereocenters. The number of aliphatic imine (C=N–C) groups is 1. The summed E-state index contributed by atoms with van der Waals surface area (Å²) in [5.41, 5.74) is 3.86.